The third-order valence-corrected chi connectivity index (χ3v) is 5.13. The maximum Gasteiger partial charge on any atom is 0.268 e. The highest BCUT2D eigenvalue weighted by molar-refractivity contribution is 7.12. The number of halogens is 2. The van der Waals surface area contributed by atoms with E-state index in [1.165, 1.54) is 40.5 Å². The minimum absolute atomic E-state index is 0.133. The van der Waals surface area contributed by atoms with Crippen molar-refractivity contribution in [3.05, 3.63) is 93.9 Å². The Morgan fingerprint density at radius 2 is 1.93 bits per heavy atom. The summed E-state index contributed by atoms with van der Waals surface area (Å²) < 4.78 is 33.7. The Morgan fingerprint density at radius 3 is 2.73 bits per heavy atom. The van der Waals surface area contributed by atoms with Gasteiger partial charge in [0.25, 0.3) is 5.91 Å². The Hall–Kier alpha value is -3.59. The summed E-state index contributed by atoms with van der Waals surface area (Å²) in [5, 5.41) is 8.59. The van der Waals surface area contributed by atoms with Crippen molar-refractivity contribution in [1.82, 2.24) is 14.8 Å². The molecule has 9 heteroatoms. The Morgan fingerprint density at radius 1 is 1.13 bits per heavy atom. The molecule has 0 radical (unpaired) electrons. The SMILES string of the molecule is O=C(Nc1ncn(Cc2ccccc2F)n1)c1cc(COc2ccc(F)cc2)cs1. The standard InChI is InChI=1S/C21H16F2N4O2S/c22-16-5-7-17(8-6-16)29-11-14-9-19(30-12-14)20(28)25-21-24-13-27(26-21)10-15-3-1-2-4-18(15)23/h1-9,12-13H,10-11H2,(H,25,26,28). The minimum Gasteiger partial charge on any atom is -0.489 e. The van der Waals surface area contributed by atoms with Crippen molar-refractivity contribution >= 4 is 23.2 Å². The fourth-order valence-corrected chi connectivity index (χ4v) is 3.45. The van der Waals surface area contributed by atoms with Gasteiger partial charge in [0.15, 0.2) is 0 Å². The summed E-state index contributed by atoms with van der Waals surface area (Å²) in [6.45, 7) is 0.463. The highest BCUT2D eigenvalue weighted by atomic mass is 32.1. The molecule has 0 spiro atoms. The van der Waals surface area contributed by atoms with Crippen LogP contribution in [-0.2, 0) is 13.2 Å². The number of hydrogen-bond donors (Lipinski definition) is 1. The van der Waals surface area contributed by atoms with E-state index in [1.807, 2.05) is 5.38 Å². The van der Waals surface area contributed by atoms with E-state index in [0.717, 1.165) is 5.56 Å². The van der Waals surface area contributed by atoms with Gasteiger partial charge < -0.3 is 4.74 Å². The van der Waals surface area contributed by atoms with Crippen LogP contribution in [0, 0.1) is 11.6 Å². The van der Waals surface area contributed by atoms with Crippen molar-refractivity contribution in [2.45, 2.75) is 13.2 Å². The lowest BCUT2D eigenvalue weighted by atomic mass is 10.2. The first kappa shape index (κ1) is 19.7. The molecule has 2 aromatic carbocycles. The number of hydrogen-bond acceptors (Lipinski definition) is 5. The van der Waals surface area contributed by atoms with Gasteiger partial charge >= 0.3 is 0 Å². The number of carbonyl (C=O) groups is 1. The van der Waals surface area contributed by atoms with Crippen molar-refractivity contribution in [2.24, 2.45) is 0 Å². The summed E-state index contributed by atoms with van der Waals surface area (Å²) >= 11 is 1.26. The minimum atomic E-state index is -0.350. The van der Waals surface area contributed by atoms with Crippen molar-refractivity contribution in [1.29, 1.82) is 0 Å². The van der Waals surface area contributed by atoms with Crippen LogP contribution in [0.2, 0.25) is 0 Å². The van der Waals surface area contributed by atoms with Crippen molar-refractivity contribution < 1.29 is 18.3 Å². The molecule has 2 heterocycles. The van der Waals surface area contributed by atoms with Gasteiger partial charge in [-0.2, -0.15) is 0 Å². The van der Waals surface area contributed by atoms with Crippen LogP contribution in [0.15, 0.2) is 66.3 Å². The first-order chi connectivity index (χ1) is 14.6. The average Bonchev–Trinajstić information content (AvgIpc) is 3.39. The molecule has 0 bridgehead atoms. The molecule has 2 aromatic heterocycles. The molecule has 0 aliphatic rings. The van der Waals surface area contributed by atoms with Gasteiger partial charge in [0.05, 0.1) is 11.4 Å². The van der Waals surface area contributed by atoms with Crippen LogP contribution in [0.25, 0.3) is 0 Å². The Balaban J connectivity index is 1.34. The van der Waals surface area contributed by atoms with Crippen LogP contribution in [0.5, 0.6) is 5.75 Å². The molecular weight excluding hydrogens is 410 g/mol. The number of nitrogens with one attached hydrogen (secondary N) is 1. The molecule has 1 amide bonds. The van der Waals surface area contributed by atoms with E-state index in [9.17, 15) is 13.6 Å². The van der Waals surface area contributed by atoms with Crippen LogP contribution in [0.1, 0.15) is 20.8 Å². The monoisotopic (exact) mass is 426 g/mol. The summed E-state index contributed by atoms with van der Waals surface area (Å²) in [6, 6.07) is 13.8. The number of anilines is 1. The smallest absolute Gasteiger partial charge is 0.268 e. The van der Waals surface area contributed by atoms with Gasteiger partial charge in [0, 0.05) is 11.1 Å². The van der Waals surface area contributed by atoms with Crippen LogP contribution in [-0.4, -0.2) is 20.7 Å². The quantitative estimate of drug-likeness (QED) is 0.473. The summed E-state index contributed by atoms with van der Waals surface area (Å²) in [7, 11) is 0. The van der Waals surface area contributed by atoms with E-state index in [-0.39, 0.29) is 36.6 Å². The normalized spacial score (nSPS) is 10.7. The van der Waals surface area contributed by atoms with Crippen molar-refractivity contribution in [3.63, 3.8) is 0 Å². The molecule has 0 unspecified atom stereocenters. The number of aromatic nitrogens is 3. The fraction of sp³-hybridized carbons (Fsp3) is 0.0952. The van der Waals surface area contributed by atoms with Gasteiger partial charge in [-0.25, -0.2) is 18.4 Å². The molecule has 0 saturated carbocycles. The Bertz CT molecular complexity index is 1160. The molecule has 0 atom stereocenters. The van der Waals surface area contributed by atoms with E-state index in [1.54, 1.807) is 36.4 Å². The van der Waals surface area contributed by atoms with Gasteiger partial charge in [-0.15, -0.1) is 16.4 Å². The Kier molecular flexibility index (Phi) is 5.80. The molecule has 0 saturated heterocycles. The summed E-state index contributed by atoms with van der Waals surface area (Å²) in [6.07, 6.45) is 1.43. The predicted molar refractivity (Wildman–Crippen MR) is 109 cm³/mol. The number of thiophene rings is 1. The largest absolute Gasteiger partial charge is 0.489 e. The molecule has 4 aromatic rings. The highest BCUT2D eigenvalue weighted by Gasteiger charge is 2.13. The molecule has 152 valence electrons. The number of ether oxygens (including phenoxy) is 1. The molecule has 4 rings (SSSR count). The van der Waals surface area contributed by atoms with Gasteiger partial charge in [-0.3, -0.25) is 10.1 Å². The summed E-state index contributed by atoms with van der Waals surface area (Å²) in [4.78, 5) is 16.9. The lowest BCUT2D eigenvalue weighted by molar-refractivity contribution is 0.102. The van der Waals surface area contributed by atoms with Crippen molar-refractivity contribution in [3.8, 4) is 5.75 Å². The van der Waals surface area contributed by atoms with E-state index in [4.69, 9.17) is 4.74 Å². The second-order valence-electron chi connectivity index (χ2n) is 6.37. The topological polar surface area (TPSA) is 69.0 Å². The maximum atomic E-state index is 13.7. The van der Waals surface area contributed by atoms with E-state index < -0.39 is 0 Å². The predicted octanol–water partition coefficient (Wildman–Crippen LogP) is 4.50. The molecule has 30 heavy (non-hydrogen) atoms. The number of benzene rings is 2. The van der Waals surface area contributed by atoms with E-state index in [2.05, 4.69) is 15.4 Å². The number of amides is 1. The second kappa shape index (κ2) is 8.83. The summed E-state index contributed by atoms with van der Waals surface area (Å²) in [5.41, 5.74) is 1.29. The van der Waals surface area contributed by atoms with E-state index in [0.29, 0.717) is 16.2 Å². The fourth-order valence-electron chi connectivity index (χ4n) is 2.66. The second-order valence-corrected chi connectivity index (χ2v) is 7.28. The van der Waals surface area contributed by atoms with Gasteiger partial charge in [0.1, 0.15) is 30.3 Å². The van der Waals surface area contributed by atoms with E-state index >= 15 is 0 Å². The third-order valence-electron chi connectivity index (χ3n) is 4.15. The van der Waals surface area contributed by atoms with Crippen LogP contribution < -0.4 is 10.1 Å². The molecular formula is C21H16F2N4O2S. The zero-order chi connectivity index (χ0) is 20.9. The molecule has 0 fully saturated rings. The summed E-state index contributed by atoms with van der Waals surface area (Å²) in [5.74, 6) is -0.335. The molecule has 6 nitrogen and oxygen atoms in total. The van der Waals surface area contributed by atoms with Gasteiger partial charge in [-0.1, -0.05) is 18.2 Å². The van der Waals surface area contributed by atoms with Crippen LogP contribution >= 0.6 is 11.3 Å². The lowest BCUT2D eigenvalue weighted by Gasteiger charge is -2.04. The number of rotatable bonds is 7. The zero-order valence-corrected chi connectivity index (χ0v) is 16.4. The first-order valence-electron chi connectivity index (χ1n) is 8.97. The highest BCUT2D eigenvalue weighted by Crippen LogP contribution is 2.19. The van der Waals surface area contributed by atoms with Crippen LogP contribution in [0.3, 0.4) is 0 Å². The first-order valence-corrected chi connectivity index (χ1v) is 9.85. The average molecular weight is 426 g/mol. The van der Waals surface area contributed by atoms with Gasteiger partial charge in [-0.05, 0) is 41.8 Å². The Labute approximate surface area is 174 Å². The molecule has 0 aliphatic heterocycles. The van der Waals surface area contributed by atoms with Crippen LogP contribution in [0.4, 0.5) is 14.7 Å². The zero-order valence-electron chi connectivity index (χ0n) is 15.6. The number of carbonyl (C=O) groups excluding carboxylic acids is 1. The third kappa shape index (κ3) is 4.87. The lowest BCUT2D eigenvalue weighted by Crippen LogP contribution is -2.12. The molecule has 0 aliphatic carbocycles. The number of nitrogens with zero attached hydrogens (tertiary/aromatic N) is 3. The van der Waals surface area contributed by atoms with Crippen molar-refractivity contribution in [2.75, 3.05) is 5.32 Å². The van der Waals surface area contributed by atoms with Gasteiger partial charge in [0.2, 0.25) is 5.95 Å². The molecule has 1 N–H and O–H groups in total. The maximum absolute atomic E-state index is 13.7.